The highest BCUT2D eigenvalue weighted by Gasteiger charge is 2.17. The molecule has 1 saturated heterocycles. The number of ether oxygens (including phenoxy) is 2. The standard InChI is InChI=1S/C15H16N2O4/c18-14-11-3-1-2-4-13(11)16-9-12(14)15(19)21-10-17-5-7-20-8-6-17/h1-4,9H,5-8,10H2,(H,16,18). The Hall–Kier alpha value is -2.18. The molecule has 110 valence electrons. The molecule has 1 aromatic heterocycles. The third kappa shape index (κ3) is 2.96. The fraction of sp³-hybridized carbons (Fsp3) is 0.333. The van der Waals surface area contributed by atoms with Gasteiger partial charge >= 0.3 is 5.97 Å². The number of aromatic amines is 1. The normalized spacial score (nSPS) is 16.0. The number of para-hydroxylation sites is 1. The molecule has 1 aromatic carbocycles. The zero-order valence-corrected chi connectivity index (χ0v) is 11.5. The van der Waals surface area contributed by atoms with E-state index in [4.69, 9.17) is 9.47 Å². The molecule has 1 aliphatic rings. The Morgan fingerprint density at radius 2 is 2.05 bits per heavy atom. The number of esters is 1. The Labute approximate surface area is 121 Å². The SMILES string of the molecule is O=C(OCN1CCOCC1)c1c[nH]c2ccccc2c1=O. The minimum absolute atomic E-state index is 0.0296. The van der Waals surface area contributed by atoms with Crippen LogP contribution in [0.1, 0.15) is 10.4 Å². The van der Waals surface area contributed by atoms with Crippen LogP contribution < -0.4 is 5.43 Å². The van der Waals surface area contributed by atoms with Gasteiger partial charge in [0, 0.05) is 30.2 Å². The molecule has 1 fully saturated rings. The topological polar surface area (TPSA) is 71.6 Å². The highest BCUT2D eigenvalue weighted by Crippen LogP contribution is 2.08. The maximum Gasteiger partial charge on any atom is 0.344 e. The van der Waals surface area contributed by atoms with Crippen molar-refractivity contribution in [3.8, 4) is 0 Å². The van der Waals surface area contributed by atoms with E-state index in [1.807, 2.05) is 11.0 Å². The molecule has 2 aromatic rings. The molecule has 1 aliphatic heterocycles. The van der Waals surface area contributed by atoms with E-state index in [1.54, 1.807) is 18.2 Å². The molecule has 2 heterocycles. The van der Waals surface area contributed by atoms with E-state index < -0.39 is 5.97 Å². The van der Waals surface area contributed by atoms with Crippen LogP contribution in [0.25, 0.3) is 10.9 Å². The number of fused-ring (bicyclic) bond motifs is 1. The molecular weight excluding hydrogens is 272 g/mol. The first-order chi connectivity index (χ1) is 10.3. The van der Waals surface area contributed by atoms with Crippen LogP contribution >= 0.6 is 0 Å². The molecular formula is C15H16N2O4. The molecule has 6 nitrogen and oxygen atoms in total. The van der Waals surface area contributed by atoms with Gasteiger partial charge in [-0.2, -0.15) is 0 Å². The van der Waals surface area contributed by atoms with Crippen LogP contribution in [-0.2, 0) is 9.47 Å². The smallest absolute Gasteiger partial charge is 0.344 e. The largest absolute Gasteiger partial charge is 0.446 e. The van der Waals surface area contributed by atoms with Gasteiger partial charge in [-0.25, -0.2) is 4.79 Å². The molecule has 0 bridgehead atoms. The Morgan fingerprint density at radius 3 is 2.86 bits per heavy atom. The number of carbonyl (C=O) groups is 1. The van der Waals surface area contributed by atoms with Crippen molar-refractivity contribution in [1.29, 1.82) is 0 Å². The predicted octanol–water partition coefficient (Wildman–Crippen LogP) is 0.975. The molecule has 6 heteroatoms. The zero-order valence-electron chi connectivity index (χ0n) is 11.5. The van der Waals surface area contributed by atoms with Crippen LogP contribution in [0.15, 0.2) is 35.3 Å². The zero-order chi connectivity index (χ0) is 14.7. The van der Waals surface area contributed by atoms with E-state index >= 15 is 0 Å². The van der Waals surface area contributed by atoms with Crippen LogP contribution in [0.5, 0.6) is 0 Å². The van der Waals surface area contributed by atoms with Gasteiger partial charge in [-0.1, -0.05) is 12.1 Å². The van der Waals surface area contributed by atoms with Gasteiger partial charge in [-0.3, -0.25) is 9.69 Å². The van der Waals surface area contributed by atoms with Gasteiger partial charge in [-0.05, 0) is 12.1 Å². The van der Waals surface area contributed by atoms with Crippen molar-refractivity contribution >= 4 is 16.9 Å². The average Bonchev–Trinajstić information content (AvgIpc) is 2.54. The minimum atomic E-state index is -0.603. The number of H-pyrrole nitrogens is 1. The van der Waals surface area contributed by atoms with Crippen LogP contribution in [0, 0.1) is 0 Å². The number of aromatic nitrogens is 1. The molecule has 0 spiro atoms. The molecule has 0 amide bonds. The number of hydrogen-bond acceptors (Lipinski definition) is 5. The number of benzene rings is 1. The molecule has 1 N–H and O–H groups in total. The van der Waals surface area contributed by atoms with Gasteiger partial charge in [0.1, 0.15) is 12.3 Å². The number of carbonyl (C=O) groups excluding carboxylic acids is 1. The summed E-state index contributed by atoms with van der Waals surface area (Å²) in [6, 6.07) is 7.07. The van der Waals surface area contributed by atoms with Crippen molar-refractivity contribution in [1.82, 2.24) is 9.88 Å². The number of nitrogens with one attached hydrogen (secondary N) is 1. The Kier molecular flexibility index (Phi) is 3.98. The van der Waals surface area contributed by atoms with E-state index in [0.717, 1.165) is 13.1 Å². The molecule has 21 heavy (non-hydrogen) atoms. The maximum absolute atomic E-state index is 12.3. The summed E-state index contributed by atoms with van der Waals surface area (Å²) in [4.78, 5) is 29.2. The average molecular weight is 288 g/mol. The number of morpholine rings is 1. The van der Waals surface area contributed by atoms with Gasteiger partial charge in [0.15, 0.2) is 0 Å². The number of hydrogen-bond donors (Lipinski definition) is 1. The van der Waals surface area contributed by atoms with Crippen molar-refractivity contribution in [2.45, 2.75) is 0 Å². The first-order valence-corrected chi connectivity index (χ1v) is 6.83. The summed E-state index contributed by atoms with van der Waals surface area (Å²) in [7, 11) is 0. The molecule has 0 atom stereocenters. The summed E-state index contributed by atoms with van der Waals surface area (Å²) in [5, 5.41) is 0.485. The summed E-state index contributed by atoms with van der Waals surface area (Å²) in [5.74, 6) is -0.603. The second-order valence-electron chi connectivity index (χ2n) is 4.87. The highest BCUT2D eigenvalue weighted by molar-refractivity contribution is 5.93. The van der Waals surface area contributed by atoms with Crippen molar-refractivity contribution < 1.29 is 14.3 Å². The lowest BCUT2D eigenvalue weighted by molar-refractivity contribution is -0.0210. The number of rotatable bonds is 3. The first-order valence-electron chi connectivity index (χ1n) is 6.83. The maximum atomic E-state index is 12.3. The van der Waals surface area contributed by atoms with Gasteiger partial charge in [0.2, 0.25) is 5.43 Å². The van der Waals surface area contributed by atoms with Crippen LogP contribution in [0.4, 0.5) is 0 Å². The van der Waals surface area contributed by atoms with E-state index in [1.165, 1.54) is 6.20 Å². The third-order valence-electron chi connectivity index (χ3n) is 3.49. The Morgan fingerprint density at radius 1 is 1.29 bits per heavy atom. The van der Waals surface area contributed by atoms with E-state index in [0.29, 0.717) is 24.1 Å². The lowest BCUT2D eigenvalue weighted by atomic mass is 10.1. The van der Waals surface area contributed by atoms with E-state index in [2.05, 4.69) is 4.98 Å². The van der Waals surface area contributed by atoms with Crippen LogP contribution in [0.2, 0.25) is 0 Å². The van der Waals surface area contributed by atoms with Crippen molar-refractivity contribution in [3.05, 3.63) is 46.2 Å². The third-order valence-corrected chi connectivity index (χ3v) is 3.49. The Bertz CT molecular complexity index is 704. The van der Waals surface area contributed by atoms with Gasteiger partial charge < -0.3 is 14.5 Å². The van der Waals surface area contributed by atoms with Crippen molar-refractivity contribution in [2.24, 2.45) is 0 Å². The summed E-state index contributed by atoms with van der Waals surface area (Å²) in [5.41, 5.74) is 0.422. The lowest BCUT2D eigenvalue weighted by Gasteiger charge is -2.25. The fourth-order valence-electron chi connectivity index (χ4n) is 2.28. The first kappa shape index (κ1) is 13.8. The molecule has 3 rings (SSSR count). The van der Waals surface area contributed by atoms with E-state index in [9.17, 15) is 9.59 Å². The predicted molar refractivity (Wildman–Crippen MR) is 77.2 cm³/mol. The summed E-state index contributed by atoms with van der Waals surface area (Å²) >= 11 is 0. The molecule has 0 saturated carbocycles. The van der Waals surface area contributed by atoms with Crippen molar-refractivity contribution in [2.75, 3.05) is 33.0 Å². The van der Waals surface area contributed by atoms with Crippen LogP contribution in [0.3, 0.4) is 0 Å². The van der Waals surface area contributed by atoms with Gasteiger partial charge in [0.05, 0.1) is 13.2 Å². The number of nitrogens with zero attached hydrogens (tertiary/aromatic N) is 1. The van der Waals surface area contributed by atoms with Crippen LogP contribution in [-0.4, -0.2) is 48.9 Å². The van der Waals surface area contributed by atoms with Gasteiger partial charge in [0.25, 0.3) is 0 Å². The second kappa shape index (κ2) is 6.07. The summed E-state index contributed by atoms with van der Waals surface area (Å²) in [6.45, 7) is 2.89. The quantitative estimate of drug-likeness (QED) is 0.852. The molecule has 0 unspecified atom stereocenters. The fourth-order valence-corrected chi connectivity index (χ4v) is 2.28. The molecule has 0 aliphatic carbocycles. The monoisotopic (exact) mass is 288 g/mol. The molecule has 0 radical (unpaired) electrons. The second-order valence-corrected chi connectivity index (χ2v) is 4.87. The minimum Gasteiger partial charge on any atom is -0.446 e. The summed E-state index contributed by atoms with van der Waals surface area (Å²) < 4.78 is 10.4. The number of pyridine rings is 1. The Balaban J connectivity index is 1.75. The highest BCUT2D eigenvalue weighted by atomic mass is 16.5. The van der Waals surface area contributed by atoms with Crippen molar-refractivity contribution in [3.63, 3.8) is 0 Å². The lowest BCUT2D eigenvalue weighted by Crippen LogP contribution is -2.38. The summed E-state index contributed by atoms with van der Waals surface area (Å²) in [6.07, 6.45) is 1.41. The van der Waals surface area contributed by atoms with Gasteiger partial charge in [-0.15, -0.1) is 0 Å². The van der Waals surface area contributed by atoms with E-state index in [-0.39, 0.29) is 17.7 Å².